The Morgan fingerprint density at radius 1 is 1.14 bits per heavy atom. The summed E-state index contributed by atoms with van der Waals surface area (Å²) in [5.41, 5.74) is 1.97. The van der Waals surface area contributed by atoms with Crippen molar-refractivity contribution >= 4 is 23.2 Å². The van der Waals surface area contributed by atoms with Gasteiger partial charge < -0.3 is 9.80 Å². The number of halogens is 4. The molecule has 0 radical (unpaired) electrons. The number of aromatic nitrogens is 1. The van der Waals surface area contributed by atoms with Gasteiger partial charge in [-0.2, -0.15) is 18.4 Å². The van der Waals surface area contributed by atoms with E-state index in [1.807, 2.05) is 0 Å². The van der Waals surface area contributed by atoms with E-state index < -0.39 is 12.1 Å². The first-order valence-electron chi connectivity index (χ1n) is 9.14. The lowest BCUT2D eigenvalue weighted by molar-refractivity contribution is -0.183. The second-order valence-electron chi connectivity index (χ2n) is 7.02. The largest absolute Gasteiger partial charge is 0.391 e. The van der Waals surface area contributed by atoms with Crippen molar-refractivity contribution in [1.29, 1.82) is 5.26 Å². The predicted octanol–water partition coefficient (Wildman–Crippen LogP) is 4.50. The van der Waals surface area contributed by atoms with E-state index in [-0.39, 0.29) is 32.0 Å². The molecule has 5 nitrogen and oxygen atoms in total. The number of likely N-dealkylation sites (tertiary alicyclic amines) is 2. The molecule has 3 heterocycles. The third-order valence-electron chi connectivity index (χ3n) is 5.31. The second-order valence-corrected chi connectivity index (χ2v) is 7.46. The number of nitriles is 1. The lowest BCUT2D eigenvalue weighted by atomic mass is 9.95. The van der Waals surface area contributed by atoms with Crippen molar-refractivity contribution in [3.05, 3.63) is 34.6 Å². The summed E-state index contributed by atoms with van der Waals surface area (Å²) in [5, 5.41) is 10.00. The average molecular weight is 413 g/mol. The van der Waals surface area contributed by atoms with E-state index in [1.165, 1.54) is 11.1 Å². The number of hydrogen-bond donors (Lipinski definition) is 0. The van der Waals surface area contributed by atoms with Crippen LogP contribution in [-0.2, 0) is 0 Å². The molecule has 28 heavy (non-hydrogen) atoms. The summed E-state index contributed by atoms with van der Waals surface area (Å²) in [4.78, 5) is 20.0. The maximum atomic E-state index is 12.8. The molecule has 1 aromatic heterocycles. The Morgan fingerprint density at radius 2 is 1.75 bits per heavy atom. The minimum atomic E-state index is -4.19. The molecule has 0 bridgehead atoms. The summed E-state index contributed by atoms with van der Waals surface area (Å²) < 4.78 is 38.3. The van der Waals surface area contributed by atoms with Gasteiger partial charge in [0.25, 0.3) is 0 Å². The fourth-order valence-electron chi connectivity index (χ4n) is 3.66. The summed E-state index contributed by atoms with van der Waals surface area (Å²) in [6, 6.07) is 5.33. The van der Waals surface area contributed by atoms with Gasteiger partial charge in [-0.15, -0.1) is 0 Å². The number of nitrogens with zero attached hydrogens (tertiary/aromatic N) is 4. The summed E-state index contributed by atoms with van der Waals surface area (Å²) in [7, 11) is 0. The Morgan fingerprint density at radius 3 is 2.25 bits per heavy atom. The number of pyridine rings is 1. The quantitative estimate of drug-likeness (QED) is 0.638. The first-order valence-corrected chi connectivity index (χ1v) is 9.52. The number of hydrogen-bond acceptors (Lipinski definition) is 3. The van der Waals surface area contributed by atoms with Crippen LogP contribution in [0.25, 0.3) is 5.57 Å². The Hall–Kier alpha value is -2.27. The number of alkyl halides is 3. The van der Waals surface area contributed by atoms with Crippen LogP contribution in [0.15, 0.2) is 23.9 Å². The molecule has 2 aliphatic rings. The summed E-state index contributed by atoms with van der Waals surface area (Å²) in [6.45, 7) is 1.12. The molecule has 2 aliphatic heterocycles. The highest BCUT2D eigenvalue weighted by atomic mass is 35.5. The molecule has 1 aromatic rings. The normalized spacial score (nSPS) is 18.8. The van der Waals surface area contributed by atoms with Gasteiger partial charge in [-0.1, -0.05) is 11.6 Å². The molecular weight excluding hydrogens is 393 g/mol. The number of rotatable bonds is 1. The molecule has 9 heteroatoms. The molecule has 2 fully saturated rings. The van der Waals surface area contributed by atoms with Crippen LogP contribution in [0.2, 0.25) is 5.02 Å². The zero-order valence-electron chi connectivity index (χ0n) is 15.2. The van der Waals surface area contributed by atoms with Crippen LogP contribution in [-0.4, -0.2) is 53.2 Å². The fraction of sp³-hybridized carbons (Fsp3) is 0.526. The lowest BCUT2D eigenvalue weighted by Crippen LogP contribution is -2.49. The van der Waals surface area contributed by atoms with E-state index in [1.54, 1.807) is 17.0 Å². The van der Waals surface area contributed by atoms with Gasteiger partial charge in [0.05, 0.1) is 22.2 Å². The number of carbonyl (C=O) groups excluding carboxylic acids is 1. The van der Waals surface area contributed by atoms with Gasteiger partial charge in [0.1, 0.15) is 6.07 Å². The standard InChI is InChI=1S/C19H20ClF3N4O/c20-15-1-2-17(25-12-15)16(11-24)13-3-7-26(8-4-13)18(28)27-9-5-14(6-10-27)19(21,22)23/h1-2,12,14H,3-10H2. The van der Waals surface area contributed by atoms with Crippen molar-refractivity contribution in [3.63, 3.8) is 0 Å². The third kappa shape index (κ3) is 4.58. The third-order valence-corrected chi connectivity index (χ3v) is 5.54. The fourth-order valence-corrected chi connectivity index (χ4v) is 3.77. The first kappa shape index (κ1) is 20.5. The molecule has 0 spiro atoms. The lowest BCUT2D eigenvalue weighted by Gasteiger charge is -2.38. The van der Waals surface area contributed by atoms with E-state index in [4.69, 9.17) is 11.6 Å². The maximum Gasteiger partial charge on any atom is 0.391 e. The first-order chi connectivity index (χ1) is 13.3. The Labute approximate surface area is 166 Å². The van der Waals surface area contributed by atoms with Crippen LogP contribution in [0.5, 0.6) is 0 Å². The minimum absolute atomic E-state index is 0.0466. The van der Waals surface area contributed by atoms with Gasteiger partial charge in [-0.05, 0) is 43.4 Å². The van der Waals surface area contributed by atoms with Gasteiger partial charge in [0.2, 0.25) is 0 Å². The zero-order valence-corrected chi connectivity index (χ0v) is 15.9. The van der Waals surface area contributed by atoms with E-state index >= 15 is 0 Å². The highest BCUT2D eigenvalue weighted by Crippen LogP contribution is 2.34. The van der Waals surface area contributed by atoms with Crippen molar-refractivity contribution in [1.82, 2.24) is 14.8 Å². The van der Waals surface area contributed by atoms with Crippen molar-refractivity contribution < 1.29 is 18.0 Å². The molecule has 2 saturated heterocycles. The minimum Gasteiger partial charge on any atom is -0.325 e. The van der Waals surface area contributed by atoms with Crippen molar-refractivity contribution in [2.45, 2.75) is 31.9 Å². The van der Waals surface area contributed by atoms with Crippen LogP contribution in [0, 0.1) is 17.2 Å². The van der Waals surface area contributed by atoms with E-state index in [0.717, 1.165) is 5.57 Å². The zero-order chi connectivity index (χ0) is 20.3. The summed E-state index contributed by atoms with van der Waals surface area (Å²) in [6.07, 6.45) is -1.72. The molecular formula is C19H20ClF3N4O. The van der Waals surface area contributed by atoms with Crippen LogP contribution < -0.4 is 0 Å². The predicted molar refractivity (Wildman–Crippen MR) is 98.3 cm³/mol. The number of carbonyl (C=O) groups is 1. The summed E-state index contributed by atoms with van der Waals surface area (Å²) >= 11 is 5.83. The Balaban J connectivity index is 1.60. The monoisotopic (exact) mass is 412 g/mol. The van der Waals surface area contributed by atoms with Gasteiger partial charge in [-0.25, -0.2) is 4.79 Å². The van der Waals surface area contributed by atoms with E-state index in [2.05, 4.69) is 11.1 Å². The highest BCUT2D eigenvalue weighted by Gasteiger charge is 2.42. The molecule has 2 amide bonds. The topological polar surface area (TPSA) is 60.2 Å². The van der Waals surface area contributed by atoms with Gasteiger partial charge in [0.15, 0.2) is 0 Å². The van der Waals surface area contributed by atoms with Crippen LogP contribution in [0.3, 0.4) is 0 Å². The summed E-state index contributed by atoms with van der Waals surface area (Å²) in [5.74, 6) is -1.32. The molecule has 0 aromatic carbocycles. The molecule has 0 N–H and O–H groups in total. The molecule has 0 unspecified atom stereocenters. The average Bonchev–Trinajstić information content (AvgIpc) is 2.69. The van der Waals surface area contributed by atoms with Gasteiger partial charge in [0, 0.05) is 32.4 Å². The maximum absolute atomic E-state index is 12.8. The van der Waals surface area contributed by atoms with Crippen LogP contribution >= 0.6 is 11.6 Å². The Kier molecular flexibility index (Phi) is 6.14. The number of piperidine rings is 2. The highest BCUT2D eigenvalue weighted by molar-refractivity contribution is 6.30. The molecule has 0 aliphatic carbocycles. The molecule has 0 saturated carbocycles. The van der Waals surface area contributed by atoms with Crippen LogP contribution in [0.4, 0.5) is 18.0 Å². The smallest absolute Gasteiger partial charge is 0.325 e. The van der Waals surface area contributed by atoms with Crippen molar-refractivity contribution in [3.8, 4) is 6.07 Å². The van der Waals surface area contributed by atoms with Crippen molar-refractivity contribution in [2.24, 2.45) is 5.92 Å². The molecule has 150 valence electrons. The van der Waals surface area contributed by atoms with E-state index in [0.29, 0.717) is 42.2 Å². The molecule has 0 atom stereocenters. The van der Waals surface area contributed by atoms with Crippen molar-refractivity contribution in [2.75, 3.05) is 26.2 Å². The Bertz CT molecular complexity index is 783. The van der Waals surface area contributed by atoms with E-state index in [9.17, 15) is 23.2 Å². The number of amides is 2. The number of urea groups is 1. The second kappa shape index (κ2) is 8.39. The van der Waals surface area contributed by atoms with Gasteiger partial charge >= 0.3 is 12.2 Å². The van der Waals surface area contributed by atoms with Gasteiger partial charge in [-0.3, -0.25) is 4.98 Å². The van der Waals surface area contributed by atoms with Crippen LogP contribution in [0.1, 0.15) is 31.4 Å². The number of allylic oxidation sites excluding steroid dienone is 1. The SMILES string of the molecule is N#CC(=C1CCN(C(=O)N2CCC(C(F)(F)F)CC2)CC1)c1ccc(Cl)cn1. The molecule has 3 rings (SSSR count).